The molecule has 2 aromatic carbocycles. The molecule has 0 bridgehead atoms. The largest absolute Gasteiger partial charge is 0.387 e. The summed E-state index contributed by atoms with van der Waals surface area (Å²) in [4.78, 5) is 23.8. The van der Waals surface area contributed by atoms with Gasteiger partial charge >= 0.3 is 11.8 Å². The van der Waals surface area contributed by atoms with Crippen LogP contribution in [0.25, 0.3) is 10.9 Å². The number of carbonyl (C=O) groups excluding carboxylic acids is 2. The smallest absolute Gasteiger partial charge is 0.313 e. The van der Waals surface area contributed by atoms with Crippen molar-refractivity contribution in [1.82, 2.24) is 9.88 Å². The molecule has 0 spiro atoms. The SMILES string of the molecule is Cn1ccc2cc(C(O)CNC(=O)C(=O)Nc3ccc(F)c(Cl)c3)ccc21. The summed E-state index contributed by atoms with van der Waals surface area (Å²) in [5.41, 5.74) is 1.84. The van der Waals surface area contributed by atoms with Crippen molar-refractivity contribution in [3.63, 3.8) is 0 Å². The summed E-state index contributed by atoms with van der Waals surface area (Å²) in [6, 6.07) is 11.0. The van der Waals surface area contributed by atoms with Crippen LogP contribution in [-0.4, -0.2) is 28.0 Å². The van der Waals surface area contributed by atoms with Gasteiger partial charge < -0.3 is 20.3 Å². The summed E-state index contributed by atoms with van der Waals surface area (Å²) in [5.74, 6) is -2.49. The second-order valence-electron chi connectivity index (χ2n) is 6.05. The standard InChI is InChI=1S/C19H17ClFN3O3/c1-24-7-6-11-8-12(2-5-16(11)24)17(25)10-22-18(26)19(27)23-13-3-4-15(21)14(20)9-13/h2-9,17,25H,10H2,1H3,(H,22,26)(H,23,27). The zero-order valence-corrected chi connectivity index (χ0v) is 15.1. The van der Waals surface area contributed by atoms with Crippen molar-refractivity contribution in [2.75, 3.05) is 11.9 Å². The molecule has 0 saturated heterocycles. The Kier molecular flexibility index (Phi) is 5.43. The van der Waals surface area contributed by atoms with E-state index in [4.69, 9.17) is 11.6 Å². The number of hydrogen-bond donors (Lipinski definition) is 3. The van der Waals surface area contributed by atoms with Gasteiger partial charge in [-0.25, -0.2) is 4.39 Å². The van der Waals surface area contributed by atoms with Crippen LogP contribution in [0.2, 0.25) is 5.02 Å². The van der Waals surface area contributed by atoms with Gasteiger partial charge in [0.05, 0.1) is 11.1 Å². The highest BCUT2D eigenvalue weighted by molar-refractivity contribution is 6.39. The number of amides is 2. The Morgan fingerprint density at radius 2 is 1.96 bits per heavy atom. The molecule has 1 heterocycles. The van der Waals surface area contributed by atoms with Crippen LogP contribution in [0.1, 0.15) is 11.7 Å². The lowest BCUT2D eigenvalue weighted by Gasteiger charge is -2.13. The van der Waals surface area contributed by atoms with Crippen LogP contribution in [-0.2, 0) is 16.6 Å². The van der Waals surface area contributed by atoms with E-state index in [2.05, 4.69) is 10.6 Å². The monoisotopic (exact) mass is 389 g/mol. The summed E-state index contributed by atoms with van der Waals surface area (Å²) >= 11 is 5.63. The highest BCUT2D eigenvalue weighted by Crippen LogP contribution is 2.21. The number of rotatable bonds is 4. The van der Waals surface area contributed by atoms with Gasteiger partial charge in [-0.05, 0) is 47.3 Å². The van der Waals surface area contributed by atoms with Gasteiger partial charge in [0.15, 0.2) is 0 Å². The number of anilines is 1. The van der Waals surface area contributed by atoms with E-state index in [0.717, 1.165) is 17.0 Å². The summed E-state index contributed by atoms with van der Waals surface area (Å²) in [5, 5.41) is 15.7. The van der Waals surface area contributed by atoms with Gasteiger partial charge in [-0.3, -0.25) is 9.59 Å². The summed E-state index contributed by atoms with van der Waals surface area (Å²) in [6.07, 6.45) is 0.945. The van der Waals surface area contributed by atoms with Crippen LogP contribution in [0.3, 0.4) is 0 Å². The number of nitrogens with one attached hydrogen (secondary N) is 2. The number of carbonyl (C=O) groups is 2. The van der Waals surface area contributed by atoms with Crippen LogP contribution in [0.15, 0.2) is 48.7 Å². The zero-order valence-electron chi connectivity index (χ0n) is 14.4. The van der Waals surface area contributed by atoms with Gasteiger partial charge in [-0.1, -0.05) is 17.7 Å². The number of aromatic nitrogens is 1. The van der Waals surface area contributed by atoms with Gasteiger partial charge in [0.25, 0.3) is 0 Å². The molecule has 0 radical (unpaired) electrons. The van der Waals surface area contributed by atoms with Crippen LogP contribution >= 0.6 is 11.6 Å². The van der Waals surface area contributed by atoms with Crippen molar-refractivity contribution in [1.29, 1.82) is 0 Å². The maximum atomic E-state index is 13.1. The first-order chi connectivity index (χ1) is 12.8. The van der Waals surface area contributed by atoms with Crippen molar-refractivity contribution in [3.05, 3.63) is 65.1 Å². The van der Waals surface area contributed by atoms with E-state index >= 15 is 0 Å². The second-order valence-corrected chi connectivity index (χ2v) is 6.46. The van der Waals surface area contributed by atoms with E-state index in [0.29, 0.717) is 5.56 Å². The molecular formula is C19H17ClFN3O3. The maximum absolute atomic E-state index is 13.1. The molecule has 6 nitrogen and oxygen atoms in total. The van der Waals surface area contributed by atoms with Crippen molar-refractivity contribution in [2.24, 2.45) is 7.05 Å². The molecule has 2 amide bonds. The number of halogens is 2. The first-order valence-electron chi connectivity index (χ1n) is 8.12. The molecule has 3 rings (SSSR count). The average Bonchev–Trinajstić information content (AvgIpc) is 3.02. The summed E-state index contributed by atoms with van der Waals surface area (Å²) in [6.45, 7) is -0.130. The lowest BCUT2D eigenvalue weighted by molar-refractivity contribution is -0.136. The summed E-state index contributed by atoms with van der Waals surface area (Å²) in [7, 11) is 1.92. The third kappa shape index (κ3) is 4.27. The molecular weight excluding hydrogens is 373 g/mol. The van der Waals surface area contributed by atoms with Crippen molar-refractivity contribution >= 4 is 40.0 Å². The molecule has 0 aliphatic carbocycles. The van der Waals surface area contributed by atoms with Crippen LogP contribution in [0, 0.1) is 5.82 Å². The number of nitrogens with zero attached hydrogens (tertiary/aromatic N) is 1. The fourth-order valence-corrected chi connectivity index (χ4v) is 2.84. The molecule has 0 fully saturated rings. The predicted octanol–water partition coefficient (Wildman–Crippen LogP) is 2.76. The maximum Gasteiger partial charge on any atom is 0.313 e. The Hall–Kier alpha value is -2.90. The Bertz CT molecular complexity index is 1020. The second kappa shape index (κ2) is 7.77. The van der Waals surface area contributed by atoms with Crippen molar-refractivity contribution in [2.45, 2.75) is 6.10 Å². The van der Waals surface area contributed by atoms with Gasteiger partial charge in [0, 0.05) is 31.0 Å². The fraction of sp³-hybridized carbons (Fsp3) is 0.158. The Labute approximate surface area is 159 Å². The number of benzene rings is 2. The molecule has 0 saturated carbocycles. The minimum Gasteiger partial charge on any atom is -0.387 e. The van der Waals surface area contributed by atoms with E-state index in [1.165, 1.54) is 12.1 Å². The first-order valence-corrected chi connectivity index (χ1v) is 8.50. The van der Waals surface area contributed by atoms with Crippen LogP contribution in [0.4, 0.5) is 10.1 Å². The molecule has 27 heavy (non-hydrogen) atoms. The molecule has 8 heteroatoms. The van der Waals surface area contributed by atoms with E-state index in [-0.39, 0.29) is 17.3 Å². The lowest BCUT2D eigenvalue weighted by atomic mass is 10.1. The third-order valence-corrected chi connectivity index (χ3v) is 4.42. The third-order valence-electron chi connectivity index (χ3n) is 4.13. The summed E-state index contributed by atoms with van der Waals surface area (Å²) < 4.78 is 15.1. The van der Waals surface area contributed by atoms with E-state index in [1.54, 1.807) is 6.07 Å². The van der Waals surface area contributed by atoms with Crippen LogP contribution < -0.4 is 10.6 Å². The van der Waals surface area contributed by atoms with Crippen molar-refractivity contribution < 1.29 is 19.1 Å². The van der Waals surface area contributed by atoms with Gasteiger partial charge in [0.2, 0.25) is 0 Å². The number of aryl methyl sites for hydroxylation is 1. The molecule has 0 aliphatic rings. The van der Waals surface area contributed by atoms with Crippen molar-refractivity contribution in [3.8, 4) is 0 Å². The first kappa shape index (κ1) is 18.9. The quantitative estimate of drug-likeness (QED) is 0.600. The van der Waals surface area contributed by atoms with E-state index < -0.39 is 23.7 Å². The Morgan fingerprint density at radius 1 is 1.19 bits per heavy atom. The number of aliphatic hydroxyl groups is 1. The highest BCUT2D eigenvalue weighted by Gasteiger charge is 2.17. The highest BCUT2D eigenvalue weighted by atomic mass is 35.5. The fourth-order valence-electron chi connectivity index (χ4n) is 2.66. The molecule has 3 N–H and O–H groups in total. The normalized spacial score (nSPS) is 12.0. The van der Waals surface area contributed by atoms with E-state index in [1.807, 2.05) is 36.0 Å². The van der Waals surface area contributed by atoms with Gasteiger partial charge in [-0.2, -0.15) is 0 Å². The molecule has 140 valence electrons. The zero-order chi connectivity index (χ0) is 19.6. The van der Waals surface area contributed by atoms with Gasteiger partial charge in [0.1, 0.15) is 5.82 Å². The molecule has 1 aromatic heterocycles. The lowest BCUT2D eigenvalue weighted by Crippen LogP contribution is -2.37. The minimum absolute atomic E-state index is 0.130. The molecule has 1 atom stereocenters. The Balaban J connectivity index is 1.58. The molecule has 3 aromatic rings. The predicted molar refractivity (Wildman–Crippen MR) is 101 cm³/mol. The van der Waals surface area contributed by atoms with Crippen LogP contribution in [0.5, 0.6) is 0 Å². The topological polar surface area (TPSA) is 83.4 Å². The molecule has 1 unspecified atom stereocenters. The Morgan fingerprint density at radius 3 is 2.70 bits per heavy atom. The molecule has 0 aliphatic heterocycles. The average molecular weight is 390 g/mol. The van der Waals surface area contributed by atoms with Gasteiger partial charge in [-0.15, -0.1) is 0 Å². The van der Waals surface area contributed by atoms with E-state index in [9.17, 15) is 19.1 Å². The number of hydrogen-bond acceptors (Lipinski definition) is 3. The number of aliphatic hydroxyl groups excluding tert-OH is 1. The number of fused-ring (bicyclic) bond motifs is 1. The minimum atomic E-state index is -0.966.